The molecule has 11 heavy (non-hydrogen) atoms. The fraction of sp³-hybridized carbons (Fsp3) is 0.167. The van der Waals surface area contributed by atoms with Crippen molar-refractivity contribution in [3.8, 4) is 0 Å². The van der Waals surface area contributed by atoms with Gasteiger partial charge in [-0.2, -0.15) is 0 Å². The fourth-order valence-electron chi connectivity index (χ4n) is 0.564. The zero-order valence-electron chi connectivity index (χ0n) is 5.35. The lowest BCUT2D eigenvalue weighted by molar-refractivity contribution is 1.26. The molecular formula is C6H5Br2Cl2N. The van der Waals surface area contributed by atoms with Gasteiger partial charge in [0, 0.05) is 22.1 Å². The minimum Gasteiger partial charge on any atom is -0.244 e. The lowest BCUT2D eigenvalue weighted by Crippen LogP contribution is -1.84. The Morgan fingerprint density at radius 1 is 1.45 bits per heavy atom. The molecule has 1 aromatic heterocycles. The number of halogens is 4. The van der Waals surface area contributed by atoms with Crippen molar-refractivity contribution in [2.45, 2.75) is 5.33 Å². The topological polar surface area (TPSA) is 12.9 Å². The van der Waals surface area contributed by atoms with Crippen molar-refractivity contribution in [1.29, 1.82) is 0 Å². The number of pyridine rings is 1. The van der Waals surface area contributed by atoms with Crippen LogP contribution in [0.25, 0.3) is 0 Å². The van der Waals surface area contributed by atoms with Gasteiger partial charge in [-0.3, -0.25) is 0 Å². The predicted octanol–water partition coefficient (Wildman–Crippen LogP) is 3.86. The average Bonchev–Trinajstić information content (AvgIpc) is 1.88. The van der Waals surface area contributed by atoms with Crippen LogP contribution in [0, 0.1) is 0 Å². The molecule has 0 spiro atoms. The normalized spacial score (nSPS) is 9.00. The van der Waals surface area contributed by atoms with E-state index in [2.05, 4.69) is 20.9 Å². The minimum absolute atomic E-state index is 0. The molecule has 0 aliphatic rings. The molecule has 62 valence electrons. The molecule has 0 unspecified atom stereocenters. The Hall–Kier alpha value is 0.690. The second kappa shape index (κ2) is 5.36. The maximum Gasteiger partial charge on any atom is 0.134 e. The van der Waals surface area contributed by atoms with E-state index in [1.807, 2.05) is 0 Å². The Kier molecular flexibility index (Phi) is 5.69. The zero-order valence-corrected chi connectivity index (χ0v) is 10.2. The lowest BCUT2D eigenvalue weighted by atomic mass is 10.3. The van der Waals surface area contributed by atoms with Crippen molar-refractivity contribution in [2.24, 2.45) is 0 Å². The summed E-state index contributed by atoms with van der Waals surface area (Å²) in [4.78, 5) is 3.86. The molecule has 0 saturated carbocycles. The summed E-state index contributed by atoms with van der Waals surface area (Å²) in [5, 5.41) is 1.75. The van der Waals surface area contributed by atoms with Gasteiger partial charge in [-0.25, -0.2) is 4.98 Å². The predicted molar refractivity (Wildman–Crippen MR) is 57.2 cm³/mol. The fourth-order valence-corrected chi connectivity index (χ4v) is 1.94. The smallest absolute Gasteiger partial charge is 0.134 e. The highest BCUT2D eigenvalue weighted by atomic mass is 79.9. The monoisotopic (exact) mass is 319 g/mol. The first-order valence-electron chi connectivity index (χ1n) is 2.60. The second-order valence-corrected chi connectivity index (χ2v) is 3.02. The van der Waals surface area contributed by atoms with E-state index in [4.69, 9.17) is 23.2 Å². The highest BCUT2D eigenvalue weighted by molar-refractivity contribution is 9.08. The van der Waals surface area contributed by atoms with Crippen molar-refractivity contribution >= 4 is 56.1 Å². The van der Waals surface area contributed by atoms with Crippen LogP contribution in [0.4, 0.5) is 0 Å². The van der Waals surface area contributed by atoms with Crippen molar-refractivity contribution in [2.75, 3.05) is 0 Å². The summed E-state index contributed by atoms with van der Waals surface area (Å²) in [5.74, 6) is 0. The van der Waals surface area contributed by atoms with Crippen molar-refractivity contribution in [1.82, 2.24) is 4.98 Å². The first-order valence-corrected chi connectivity index (χ1v) is 4.48. The van der Waals surface area contributed by atoms with Crippen LogP contribution in [0.1, 0.15) is 5.56 Å². The van der Waals surface area contributed by atoms with Gasteiger partial charge in [0.15, 0.2) is 0 Å². The van der Waals surface area contributed by atoms with E-state index in [-0.39, 0.29) is 17.0 Å². The van der Waals surface area contributed by atoms with Gasteiger partial charge < -0.3 is 0 Å². The number of aromatic nitrogens is 1. The highest BCUT2D eigenvalue weighted by Crippen LogP contribution is 2.23. The van der Waals surface area contributed by atoms with E-state index >= 15 is 0 Å². The lowest BCUT2D eigenvalue weighted by Gasteiger charge is -1.99. The molecule has 0 saturated heterocycles. The summed E-state index contributed by atoms with van der Waals surface area (Å²) in [6.07, 6.45) is 1.58. The number of rotatable bonds is 1. The maximum atomic E-state index is 5.78. The van der Waals surface area contributed by atoms with E-state index in [1.165, 1.54) is 0 Å². The van der Waals surface area contributed by atoms with E-state index in [0.717, 1.165) is 5.56 Å². The molecule has 1 heterocycles. The number of hydrogen-bond donors (Lipinski definition) is 0. The molecule has 0 bridgehead atoms. The van der Waals surface area contributed by atoms with Gasteiger partial charge in [-0.1, -0.05) is 39.1 Å². The molecular weight excluding hydrogens is 317 g/mol. The van der Waals surface area contributed by atoms with Crippen molar-refractivity contribution < 1.29 is 0 Å². The van der Waals surface area contributed by atoms with Crippen LogP contribution in [0.2, 0.25) is 10.2 Å². The maximum absolute atomic E-state index is 5.78. The third-order valence-corrected chi connectivity index (χ3v) is 2.32. The minimum atomic E-state index is 0. The van der Waals surface area contributed by atoms with Gasteiger partial charge >= 0.3 is 0 Å². The second-order valence-electron chi connectivity index (χ2n) is 1.70. The van der Waals surface area contributed by atoms with Crippen molar-refractivity contribution in [3.63, 3.8) is 0 Å². The molecule has 0 N–H and O–H groups in total. The highest BCUT2D eigenvalue weighted by Gasteiger charge is 2.02. The van der Waals surface area contributed by atoms with Gasteiger partial charge in [0.1, 0.15) is 5.15 Å². The van der Waals surface area contributed by atoms with Gasteiger partial charge in [0.2, 0.25) is 0 Å². The van der Waals surface area contributed by atoms with E-state index < -0.39 is 0 Å². The van der Waals surface area contributed by atoms with Gasteiger partial charge in [0.05, 0.1) is 0 Å². The molecule has 0 atom stereocenters. The first kappa shape index (κ1) is 11.7. The van der Waals surface area contributed by atoms with Crippen molar-refractivity contribution in [3.05, 3.63) is 28.0 Å². The Morgan fingerprint density at radius 2 is 2.09 bits per heavy atom. The molecule has 0 aromatic carbocycles. The van der Waals surface area contributed by atoms with Crippen LogP contribution in [0.5, 0.6) is 0 Å². The number of alkyl halides is 1. The van der Waals surface area contributed by atoms with Gasteiger partial charge in [-0.05, 0) is 6.07 Å². The average molecular weight is 322 g/mol. The SMILES string of the molecule is Br.Clc1ccnc(Cl)c1CBr. The standard InChI is InChI=1S/C6H4BrCl2N.BrH/c7-3-4-5(8)1-2-10-6(4)9;/h1-2H,3H2;1H. The van der Waals surface area contributed by atoms with Gasteiger partial charge in [0.25, 0.3) is 0 Å². The quantitative estimate of drug-likeness (QED) is 0.565. The summed E-state index contributed by atoms with van der Waals surface area (Å²) in [6.45, 7) is 0. The van der Waals surface area contributed by atoms with E-state index in [9.17, 15) is 0 Å². The largest absolute Gasteiger partial charge is 0.244 e. The molecule has 0 fully saturated rings. The third-order valence-electron chi connectivity index (χ3n) is 1.08. The van der Waals surface area contributed by atoms with Crippen LogP contribution < -0.4 is 0 Å². The van der Waals surface area contributed by atoms with E-state index in [1.54, 1.807) is 12.3 Å². The molecule has 0 aliphatic heterocycles. The summed E-state index contributed by atoms with van der Waals surface area (Å²) < 4.78 is 0. The molecule has 0 amide bonds. The molecule has 1 rings (SSSR count). The molecule has 5 heteroatoms. The van der Waals surface area contributed by atoms with E-state index in [0.29, 0.717) is 15.5 Å². The van der Waals surface area contributed by atoms with Crippen LogP contribution in [-0.4, -0.2) is 4.98 Å². The number of hydrogen-bond acceptors (Lipinski definition) is 1. The summed E-state index contributed by atoms with van der Waals surface area (Å²) in [5.41, 5.74) is 0.839. The summed E-state index contributed by atoms with van der Waals surface area (Å²) >= 11 is 14.7. The van der Waals surface area contributed by atoms with Crippen LogP contribution >= 0.6 is 56.1 Å². The Bertz CT molecular complexity index is 222. The first-order chi connectivity index (χ1) is 4.75. The molecule has 0 radical (unpaired) electrons. The molecule has 1 nitrogen and oxygen atoms in total. The van der Waals surface area contributed by atoms with Crippen LogP contribution in [-0.2, 0) is 5.33 Å². The summed E-state index contributed by atoms with van der Waals surface area (Å²) in [6, 6.07) is 1.71. The van der Waals surface area contributed by atoms with Crippen LogP contribution in [0.15, 0.2) is 12.3 Å². The molecule has 1 aromatic rings. The summed E-state index contributed by atoms with van der Waals surface area (Å²) in [7, 11) is 0. The number of nitrogens with zero attached hydrogens (tertiary/aromatic N) is 1. The van der Waals surface area contributed by atoms with Gasteiger partial charge in [-0.15, -0.1) is 17.0 Å². The Morgan fingerprint density at radius 3 is 2.45 bits per heavy atom. The van der Waals surface area contributed by atoms with Crippen LogP contribution in [0.3, 0.4) is 0 Å². The Balaban J connectivity index is 0.000001000. The zero-order chi connectivity index (χ0) is 7.56. The Labute approximate surface area is 94.0 Å². The molecule has 0 aliphatic carbocycles. The third kappa shape index (κ3) is 2.90.